The molecule has 1 heteroatoms. The van der Waals surface area contributed by atoms with Crippen LogP contribution < -0.4 is 5.73 Å². The molecule has 0 bridgehead atoms. The molecule has 0 radical (unpaired) electrons. The first-order chi connectivity index (χ1) is 7.09. The van der Waals surface area contributed by atoms with Gasteiger partial charge in [-0.15, -0.1) is 0 Å². The van der Waals surface area contributed by atoms with Crippen LogP contribution in [-0.4, -0.2) is 6.04 Å². The van der Waals surface area contributed by atoms with Gasteiger partial charge in [-0.2, -0.15) is 0 Å². The molecule has 1 aromatic carbocycles. The van der Waals surface area contributed by atoms with Crippen molar-refractivity contribution >= 4 is 0 Å². The third-order valence-corrected chi connectivity index (χ3v) is 2.86. The lowest BCUT2D eigenvalue weighted by molar-refractivity contribution is 0.494. The van der Waals surface area contributed by atoms with Crippen molar-refractivity contribution in [1.82, 2.24) is 0 Å². The molecule has 0 saturated carbocycles. The lowest BCUT2D eigenvalue weighted by Crippen LogP contribution is -2.23. The molecule has 84 valence electrons. The fourth-order valence-corrected chi connectivity index (χ4v) is 1.77. The summed E-state index contributed by atoms with van der Waals surface area (Å²) in [6.07, 6.45) is 3.37. The summed E-state index contributed by atoms with van der Waals surface area (Å²) in [5, 5.41) is 0. The Hall–Kier alpha value is -0.820. The molecule has 15 heavy (non-hydrogen) atoms. The van der Waals surface area contributed by atoms with Crippen molar-refractivity contribution in [3.8, 4) is 0 Å². The standard InChI is InChI=1S/C14H23N/c1-11(2)8-9-14(15)10-13-7-5-4-6-12(13)3/h4-7,11,14H,8-10,15H2,1-3H3. The van der Waals surface area contributed by atoms with Crippen LogP contribution in [0.4, 0.5) is 0 Å². The van der Waals surface area contributed by atoms with E-state index < -0.39 is 0 Å². The fourth-order valence-electron chi connectivity index (χ4n) is 1.77. The summed E-state index contributed by atoms with van der Waals surface area (Å²) in [6, 6.07) is 8.83. The van der Waals surface area contributed by atoms with Gasteiger partial charge in [-0.25, -0.2) is 0 Å². The average Bonchev–Trinajstić information content (AvgIpc) is 2.18. The highest BCUT2D eigenvalue weighted by molar-refractivity contribution is 5.26. The zero-order valence-electron chi connectivity index (χ0n) is 10.2. The number of nitrogens with two attached hydrogens (primary N) is 1. The molecular weight excluding hydrogens is 182 g/mol. The third kappa shape index (κ3) is 4.48. The highest BCUT2D eigenvalue weighted by Gasteiger charge is 2.06. The molecule has 1 aromatic rings. The van der Waals surface area contributed by atoms with E-state index in [-0.39, 0.29) is 0 Å². The molecule has 0 aliphatic heterocycles. The van der Waals surface area contributed by atoms with Crippen LogP contribution in [0.15, 0.2) is 24.3 Å². The maximum Gasteiger partial charge on any atom is 0.00795 e. The van der Waals surface area contributed by atoms with Crippen LogP contribution in [0.25, 0.3) is 0 Å². The van der Waals surface area contributed by atoms with Gasteiger partial charge in [0.25, 0.3) is 0 Å². The number of benzene rings is 1. The van der Waals surface area contributed by atoms with Crippen molar-refractivity contribution in [2.24, 2.45) is 11.7 Å². The Morgan fingerprint density at radius 3 is 2.40 bits per heavy atom. The van der Waals surface area contributed by atoms with E-state index in [1.807, 2.05) is 0 Å². The van der Waals surface area contributed by atoms with Gasteiger partial charge in [0, 0.05) is 6.04 Å². The predicted molar refractivity (Wildman–Crippen MR) is 66.9 cm³/mol. The van der Waals surface area contributed by atoms with E-state index in [9.17, 15) is 0 Å². The molecule has 0 aliphatic rings. The van der Waals surface area contributed by atoms with Gasteiger partial charge in [0.2, 0.25) is 0 Å². The van der Waals surface area contributed by atoms with Gasteiger partial charge in [-0.1, -0.05) is 38.1 Å². The number of aryl methyl sites for hydroxylation is 1. The van der Waals surface area contributed by atoms with E-state index in [4.69, 9.17) is 5.73 Å². The lowest BCUT2D eigenvalue weighted by atomic mass is 9.96. The summed E-state index contributed by atoms with van der Waals surface area (Å²) >= 11 is 0. The molecule has 0 amide bonds. The first-order valence-electron chi connectivity index (χ1n) is 5.89. The number of hydrogen-bond donors (Lipinski definition) is 1. The lowest BCUT2D eigenvalue weighted by Gasteiger charge is -2.14. The van der Waals surface area contributed by atoms with Gasteiger partial charge in [-0.05, 0) is 43.2 Å². The van der Waals surface area contributed by atoms with Crippen molar-refractivity contribution in [2.45, 2.75) is 46.1 Å². The highest BCUT2D eigenvalue weighted by Crippen LogP contribution is 2.13. The second-order valence-corrected chi connectivity index (χ2v) is 4.86. The average molecular weight is 205 g/mol. The van der Waals surface area contributed by atoms with Crippen molar-refractivity contribution in [2.75, 3.05) is 0 Å². The Labute approximate surface area is 93.7 Å². The molecule has 0 aliphatic carbocycles. The van der Waals surface area contributed by atoms with Crippen LogP contribution in [0.3, 0.4) is 0 Å². The zero-order chi connectivity index (χ0) is 11.3. The SMILES string of the molecule is Cc1ccccc1CC(N)CCC(C)C. The first-order valence-corrected chi connectivity index (χ1v) is 5.89. The van der Waals surface area contributed by atoms with Gasteiger partial charge >= 0.3 is 0 Å². The number of rotatable bonds is 5. The van der Waals surface area contributed by atoms with Crippen LogP contribution in [0.2, 0.25) is 0 Å². The number of hydrogen-bond acceptors (Lipinski definition) is 1. The largest absolute Gasteiger partial charge is 0.327 e. The second kappa shape index (κ2) is 5.92. The maximum absolute atomic E-state index is 6.12. The van der Waals surface area contributed by atoms with Crippen molar-refractivity contribution in [1.29, 1.82) is 0 Å². The molecule has 0 aromatic heterocycles. The van der Waals surface area contributed by atoms with Crippen LogP contribution in [0, 0.1) is 12.8 Å². The topological polar surface area (TPSA) is 26.0 Å². The van der Waals surface area contributed by atoms with Crippen LogP contribution in [-0.2, 0) is 6.42 Å². The van der Waals surface area contributed by atoms with Crippen molar-refractivity contribution < 1.29 is 0 Å². The van der Waals surface area contributed by atoms with Gasteiger partial charge < -0.3 is 5.73 Å². The third-order valence-electron chi connectivity index (χ3n) is 2.86. The summed E-state index contributed by atoms with van der Waals surface area (Å²) in [4.78, 5) is 0. The van der Waals surface area contributed by atoms with Gasteiger partial charge in [0.1, 0.15) is 0 Å². The van der Waals surface area contributed by atoms with Crippen molar-refractivity contribution in [3.05, 3.63) is 35.4 Å². The minimum atomic E-state index is 0.313. The maximum atomic E-state index is 6.12. The van der Waals surface area contributed by atoms with E-state index in [0.29, 0.717) is 6.04 Å². The van der Waals surface area contributed by atoms with E-state index >= 15 is 0 Å². The van der Waals surface area contributed by atoms with Crippen LogP contribution >= 0.6 is 0 Å². The fraction of sp³-hybridized carbons (Fsp3) is 0.571. The van der Waals surface area contributed by atoms with E-state index in [1.54, 1.807) is 0 Å². The molecule has 1 unspecified atom stereocenters. The molecule has 0 saturated heterocycles. The Balaban J connectivity index is 2.44. The quantitative estimate of drug-likeness (QED) is 0.784. The van der Waals surface area contributed by atoms with Crippen LogP contribution in [0.5, 0.6) is 0 Å². The zero-order valence-corrected chi connectivity index (χ0v) is 10.2. The van der Waals surface area contributed by atoms with Gasteiger partial charge in [0.05, 0.1) is 0 Å². The van der Waals surface area contributed by atoms with Crippen molar-refractivity contribution in [3.63, 3.8) is 0 Å². The second-order valence-electron chi connectivity index (χ2n) is 4.86. The molecule has 0 fully saturated rings. The minimum absolute atomic E-state index is 0.313. The van der Waals surface area contributed by atoms with E-state index in [0.717, 1.165) is 18.8 Å². The van der Waals surface area contributed by atoms with Gasteiger partial charge in [-0.3, -0.25) is 0 Å². The molecule has 1 atom stereocenters. The molecule has 1 rings (SSSR count). The van der Waals surface area contributed by atoms with E-state index in [1.165, 1.54) is 17.5 Å². The van der Waals surface area contributed by atoms with Crippen LogP contribution in [0.1, 0.15) is 37.8 Å². The Bertz CT molecular complexity index is 291. The Morgan fingerprint density at radius 2 is 1.80 bits per heavy atom. The molecule has 0 heterocycles. The summed E-state index contributed by atoms with van der Waals surface area (Å²) in [7, 11) is 0. The minimum Gasteiger partial charge on any atom is -0.327 e. The summed E-state index contributed by atoms with van der Waals surface area (Å²) in [5.41, 5.74) is 8.88. The monoisotopic (exact) mass is 205 g/mol. The Morgan fingerprint density at radius 1 is 1.13 bits per heavy atom. The smallest absolute Gasteiger partial charge is 0.00795 e. The highest BCUT2D eigenvalue weighted by atomic mass is 14.6. The normalized spacial score (nSPS) is 13.1. The molecular formula is C14H23N. The van der Waals surface area contributed by atoms with Gasteiger partial charge in [0.15, 0.2) is 0 Å². The molecule has 1 nitrogen and oxygen atoms in total. The molecule has 0 spiro atoms. The summed E-state index contributed by atoms with van der Waals surface area (Å²) < 4.78 is 0. The Kier molecular flexibility index (Phi) is 4.83. The predicted octanol–water partition coefficient (Wildman–Crippen LogP) is 3.30. The van der Waals surface area contributed by atoms with E-state index in [2.05, 4.69) is 45.0 Å². The molecule has 2 N–H and O–H groups in total. The first kappa shape index (κ1) is 12.3. The summed E-state index contributed by atoms with van der Waals surface area (Å²) in [5.74, 6) is 0.757. The summed E-state index contributed by atoms with van der Waals surface area (Å²) in [6.45, 7) is 6.66.